The first-order valence-corrected chi connectivity index (χ1v) is 7.12. The normalized spacial score (nSPS) is 35.9. The summed E-state index contributed by atoms with van der Waals surface area (Å²) in [6.45, 7) is 4.01. The van der Waals surface area contributed by atoms with Crippen molar-refractivity contribution >= 4 is 5.91 Å². The average Bonchev–Trinajstić information content (AvgIpc) is 3.12. The lowest BCUT2D eigenvalue weighted by Crippen LogP contribution is -2.62. The summed E-state index contributed by atoms with van der Waals surface area (Å²) in [6, 6.07) is 0. The number of nitrogens with two attached hydrogens (primary N) is 1. The molecule has 2 fully saturated rings. The van der Waals surface area contributed by atoms with Crippen LogP contribution in [0.15, 0.2) is 0 Å². The summed E-state index contributed by atoms with van der Waals surface area (Å²) >= 11 is 0. The third-order valence-corrected chi connectivity index (χ3v) is 4.69. The van der Waals surface area contributed by atoms with Crippen molar-refractivity contribution in [3.8, 4) is 0 Å². The highest BCUT2D eigenvalue weighted by Gasteiger charge is 2.47. The predicted octanol–water partition coefficient (Wildman–Crippen LogP) is 1.17. The van der Waals surface area contributed by atoms with E-state index < -0.39 is 11.1 Å². The molecule has 0 saturated heterocycles. The molecule has 0 bridgehead atoms. The summed E-state index contributed by atoms with van der Waals surface area (Å²) in [5.41, 5.74) is 4.92. The Morgan fingerprint density at radius 1 is 1.50 bits per heavy atom. The van der Waals surface area contributed by atoms with E-state index in [1.54, 1.807) is 0 Å². The Morgan fingerprint density at radius 3 is 2.67 bits per heavy atom. The lowest BCUT2D eigenvalue weighted by molar-refractivity contribution is -0.130. The molecule has 4 heteroatoms. The lowest BCUT2D eigenvalue weighted by atomic mass is 9.76. The van der Waals surface area contributed by atoms with Crippen molar-refractivity contribution in [2.75, 3.05) is 6.61 Å². The van der Waals surface area contributed by atoms with Gasteiger partial charge in [0.15, 0.2) is 0 Å². The largest absolute Gasteiger partial charge is 0.394 e. The molecule has 1 amide bonds. The second-order valence-corrected chi connectivity index (χ2v) is 6.65. The number of carbonyl (C=O) groups is 1. The number of hydrogen-bond acceptors (Lipinski definition) is 3. The molecule has 18 heavy (non-hydrogen) atoms. The highest BCUT2D eigenvalue weighted by Crippen LogP contribution is 2.39. The zero-order chi connectivity index (χ0) is 13.4. The molecular formula is C14H26N2O2. The van der Waals surface area contributed by atoms with Gasteiger partial charge < -0.3 is 16.2 Å². The molecule has 0 spiro atoms. The van der Waals surface area contributed by atoms with Crippen molar-refractivity contribution in [1.82, 2.24) is 5.32 Å². The SMILES string of the molecule is CC1CCCC(CO)(NC(=O)C(C)(N)C2CC2)C1. The van der Waals surface area contributed by atoms with Crippen molar-refractivity contribution < 1.29 is 9.90 Å². The summed E-state index contributed by atoms with van der Waals surface area (Å²) in [6.07, 6.45) is 6.05. The molecule has 0 aromatic rings. The molecular weight excluding hydrogens is 228 g/mol. The topological polar surface area (TPSA) is 75.3 Å². The minimum absolute atomic E-state index is 0.0177. The molecule has 2 aliphatic carbocycles. The van der Waals surface area contributed by atoms with Crippen LogP contribution < -0.4 is 11.1 Å². The Labute approximate surface area is 109 Å². The molecule has 2 aliphatic rings. The van der Waals surface area contributed by atoms with Gasteiger partial charge in [-0.15, -0.1) is 0 Å². The summed E-state index contributed by atoms with van der Waals surface area (Å²) in [5.74, 6) is 0.776. The minimum atomic E-state index is -0.775. The van der Waals surface area contributed by atoms with Crippen LogP contribution in [0, 0.1) is 11.8 Å². The van der Waals surface area contributed by atoms with Gasteiger partial charge in [0.2, 0.25) is 5.91 Å². The molecule has 0 heterocycles. The van der Waals surface area contributed by atoms with Crippen LogP contribution in [0.1, 0.15) is 52.4 Å². The number of aliphatic hydroxyl groups is 1. The van der Waals surface area contributed by atoms with Crippen LogP contribution in [0.5, 0.6) is 0 Å². The maximum atomic E-state index is 12.3. The molecule has 104 valence electrons. The van der Waals surface area contributed by atoms with Gasteiger partial charge in [-0.1, -0.05) is 19.8 Å². The summed E-state index contributed by atoms with van der Waals surface area (Å²) in [7, 11) is 0. The maximum Gasteiger partial charge on any atom is 0.240 e. The van der Waals surface area contributed by atoms with Crippen molar-refractivity contribution in [3.63, 3.8) is 0 Å². The summed E-state index contributed by atoms with van der Waals surface area (Å²) < 4.78 is 0. The van der Waals surface area contributed by atoms with Crippen molar-refractivity contribution in [2.24, 2.45) is 17.6 Å². The van der Waals surface area contributed by atoms with E-state index in [9.17, 15) is 9.90 Å². The molecule has 0 aromatic heterocycles. The monoisotopic (exact) mass is 254 g/mol. The quantitative estimate of drug-likeness (QED) is 0.705. The molecule has 0 radical (unpaired) electrons. The van der Waals surface area contributed by atoms with Gasteiger partial charge in [-0.3, -0.25) is 4.79 Å². The average molecular weight is 254 g/mol. The highest BCUT2D eigenvalue weighted by molar-refractivity contribution is 5.87. The third kappa shape index (κ3) is 2.69. The van der Waals surface area contributed by atoms with E-state index in [2.05, 4.69) is 12.2 Å². The number of rotatable bonds is 4. The Morgan fingerprint density at radius 2 is 2.17 bits per heavy atom. The molecule has 3 unspecified atom stereocenters. The van der Waals surface area contributed by atoms with Crippen molar-refractivity contribution in [1.29, 1.82) is 0 Å². The third-order valence-electron chi connectivity index (χ3n) is 4.69. The first kappa shape index (κ1) is 13.8. The number of aliphatic hydroxyl groups excluding tert-OH is 1. The van der Waals surface area contributed by atoms with E-state index in [-0.39, 0.29) is 12.5 Å². The molecule has 2 saturated carbocycles. The molecule has 4 N–H and O–H groups in total. The lowest BCUT2D eigenvalue weighted by Gasteiger charge is -2.41. The first-order chi connectivity index (χ1) is 8.39. The van der Waals surface area contributed by atoms with E-state index in [4.69, 9.17) is 5.73 Å². The van der Waals surface area contributed by atoms with E-state index in [1.165, 1.54) is 6.42 Å². The standard InChI is InChI=1S/C14H26N2O2/c1-10-4-3-7-14(8-10,9-17)16-12(18)13(2,15)11-5-6-11/h10-11,17H,3-9,15H2,1-2H3,(H,16,18). The Bertz CT molecular complexity index is 326. The first-order valence-electron chi connectivity index (χ1n) is 7.12. The molecule has 0 aromatic carbocycles. The van der Waals surface area contributed by atoms with Crippen LogP contribution in [0.4, 0.5) is 0 Å². The van der Waals surface area contributed by atoms with Gasteiger partial charge in [-0.05, 0) is 44.4 Å². The van der Waals surface area contributed by atoms with Crippen molar-refractivity contribution in [3.05, 3.63) is 0 Å². The fraction of sp³-hybridized carbons (Fsp3) is 0.929. The van der Waals surface area contributed by atoms with Gasteiger partial charge >= 0.3 is 0 Å². The van der Waals surface area contributed by atoms with Gasteiger partial charge in [0, 0.05) is 0 Å². The molecule has 4 nitrogen and oxygen atoms in total. The number of hydrogen-bond donors (Lipinski definition) is 3. The highest BCUT2D eigenvalue weighted by atomic mass is 16.3. The maximum absolute atomic E-state index is 12.3. The zero-order valence-corrected chi connectivity index (χ0v) is 11.5. The summed E-state index contributed by atoms with van der Waals surface area (Å²) in [5, 5.41) is 12.7. The van der Waals surface area contributed by atoms with Gasteiger partial charge in [-0.25, -0.2) is 0 Å². The van der Waals surface area contributed by atoms with E-state index >= 15 is 0 Å². The van der Waals surface area contributed by atoms with Crippen LogP contribution in [-0.2, 0) is 4.79 Å². The Balaban J connectivity index is 2.03. The van der Waals surface area contributed by atoms with Gasteiger partial charge in [0.1, 0.15) is 0 Å². The zero-order valence-electron chi connectivity index (χ0n) is 11.5. The Hall–Kier alpha value is -0.610. The van der Waals surface area contributed by atoms with Crippen molar-refractivity contribution in [2.45, 2.75) is 63.5 Å². The fourth-order valence-corrected chi connectivity index (χ4v) is 3.20. The molecule has 2 rings (SSSR count). The fourth-order valence-electron chi connectivity index (χ4n) is 3.20. The van der Waals surface area contributed by atoms with Gasteiger partial charge in [0.05, 0.1) is 17.7 Å². The molecule has 3 atom stereocenters. The smallest absolute Gasteiger partial charge is 0.240 e. The van der Waals surface area contributed by atoms with Crippen LogP contribution in [0.25, 0.3) is 0 Å². The van der Waals surface area contributed by atoms with E-state index in [1.807, 2.05) is 6.92 Å². The van der Waals surface area contributed by atoms with E-state index in [0.717, 1.165) is 32.1 Å². The van der Waals surface area contributed by atoms with Crippen LogP contribution in [-0.4, -0.2) is 28.7 Å². The van der Waals surface area contributed by atoms with Gasteiger partial charge in [-0.2, -0.15) is 0 Å². The number of amides is 1. The molecule has 0 aliphatic heterocycles. The van der Waals surface area contributed by atoms with Gasteiger partial charge in [0.25, 0.3) is 0 Å². The van der Waals surface area contributed by atoms with Crippen LogP contribution in [0.3, 0.4) is 0 Å². The second kappa shape index (κ2) is 4.82. The van der Waals surface area contributed by atoms with E-state index in [0.29, 0.717) is 11.8 Å². The summed E-state index contributed by atoms with van der Waals surface area (Å²) in [4.78, 5) is 12.3. The predicted molar refractivity (Wildman–Crippen MR) is 70.9 cm³/mol. The van der Waals surface area contributed by atoms with Crippen LogP contribution >= 0.6 is 0 Å². The second-order valence-electron chi connectivity index (χ2n) is 6.65. The minimum Gasteiger partial charge on any atom is -0.394 e. The Kier molecular flexibility index (Phi) is 3.70. The number of nitrogens with one attached hydrogen (secondary N) is 1. The number of carbonyl (C=O) groups excluding carboxylic acids is 1. The van der Waals surface area contributed by atoms with Crippen LogP contribution in [0.2, 0.25) is 0 Å².